The van der Waals surface area contributed by atoms with E-state index in [4.69, 9.17) is 4.52 Å². The molecular formula is C11H11N3OS. The van der Waals surface area contributed by atoms with Crippen LogP contribution in [0.15, 0.2) is 28.1 Å². The van der Waals surface area contributed by atoms with Crippen LogP contribution < -0.4 is 5.32 Å². The standard InChI is InChI=1S/C11H11N3OS/c1-3-8(7-12-5-1)11-13-10(14-15-11)9-4-2-6-16-9/h2-4,6,12H,1,5,7H2. The first-order valence-electron chi connectivity index (χ1n) is 5.21. The molecular weight excluding hydrogens is 222 g/mol. The van der Waals surface area contributed by atoms with Gasteiger partial charge in [0.05, 0.1) is 4.88 Å². The minimum Gasteiger partial charge on any atom is -0.334 e. The summed E-state index contributed by atoms with van der Waals surface area (Å²) >= 11 is 1.62. The molecule has 16 heavy (non-hydrogen) atoms. The molecule has 3 heterocycles. The molecule has 0 amide bonds. The number of nitrogens with zero attached hydrogens (tertiary/aromatic N) is 2. The van der Waals surface area contributed by atoms with E-state index in [2.05, 4.69) is 21.5 Å². The number of rotatable bonds is 2. The maximum absolute atomic E-state index is 5.27. The summed E-state index contributed by atoms with van der Waals surface area (Å²) in [5.41, 5.74) is 1.10. The molecule has 0 bridgehead atoms. The monoisotopic (exact) mass is 233 g/mol. The lowest BCUT2D eigenvalue weighted by Gasteiger charge is -2.09. The molecule has 0 radical (unpaired) electrons. The first-order valence-corrected chi connectivity index (χ1v) is 6.09. The highest BCUT2D eigenvalue weighted by molar-refractivity contribution is 7.13. The maximum atomic E-state index is 5.27. The van der Waals surface area contributed by atoms with Crippen LogP contribution in [0.1, 0.15) is 12.3 Å². The van der Waals surface area contributed by atoms with Crippen molar-refractivity contribution in [3.05, 3.63) is 29.5 Å². The molecule has 2 aromatic heterocycles. The van der Waals surface area contributed by atoms with Gasteiger partial charge in [0, 0.05) is 12.1 Å². The molecule has 5 heteroatoms. The largest absolute Gasteiger partial charge is 0.334 e. The SMILES string of the molecule is C1=C(c2nc(-c3cccs3)no2)CNCC1. The molecule has 0 aliphatic carbocycles. The maximum Gasteiger partial charge on any atom is 0.255 e. The van der Waals surface area contributed by atoms with Crippen LogP contribution >= 0.6 is 11.3 Å². The van der Waals surface area contributed by atoms with Crippen molar-refractivity contribution in [2.24, 2.45) is 0 Å². The molecule has 0 atom stereocenters. The number of nitrogens with one attached hydrogen (secondary N) is 1. The summed E-state index contributed by atoms with van der Waals surface area (Å²) in [5.74, 6) is 1.31. The fraction of sp³-hybridized carbons (Fsp3) is 0.273. The zero-order valence-electron chi connectivity index (χ0n) is 8.64. The molecule has 1 N–H and O–H groups in total. The van der Waals surface area contributed by atoms with E-state index in [1.807, 2.05) is 17.5 Å². The molecule has 4 nitrogen and oxygen atoms in total. The van der Waals surface area contributed by atoms with Gasteiger partial charge < -0.3 is 9.84 Å². The molecule has 0 fully saturated rings. The predicted molar refractivity (Wildman–Crippen MR) is 63.1 cm³/mol. The Bertz CT molecular complexity index is 501. The highest BCUT2D eigenvalue weighted by Gasteiger charge is 2.14. The van der Waals surface area contributed by atoms with Gasteiger partial charge in [-0.25, -0.2) is 0 Å². The third kappa shape index (κ3) is 1.79. The summed E-state index contributed by atoms with van der Waals surface area (Å²) in [5, 5.41) is 9.28. The Kier molecular flexibility index (Phi) is 2.55. The minimum absolute atomic E-state index is 0.635. The second kappa shape index (κ2) is 4.19. The Morgan fingerprint density at radius 1 is 1.44 bits per heavy atom. The quantitative estimate of drug-likeness (QED) is 0.863. The van der Waals surface area contributed by atoms with Gasteiger partial charge in [0.15, 0.2) is 0 Å². The van der Waals surface area contributed by atoms with Crippen LogP contribution in [0.5, 0.6) is 0 Å². The molecule has 0 saturated heterocycles. The number of hydrogen-bond donors (Lipinski definition) is 1. The number of thiophene rings is 1. The van der Waals surface area contributed by atoms with E-state index < -0.39 is 0 Å². The van der Waals surface area contributed by atoms with E-state index in [0.717, 1.165) is 30.0 Å². The molecule has 82 valence electrons. The van der Waals surface area contributed by atoms with Crippen molar-refractivity contribution >= 4 is 16.9 Å². The fourth-order valence-corrected chi connectivity index (χ4v) is 2.32. The average molecular weight is 233 g/mol. The van der Waals surface area contributed by atoms with Crippen LogP contribution in [0, 0.1) is 0 Å². The second-order valence-electron chi connectivity index (χ2n) is 3.60. The van der Waals surface area contributed by atoms with Crippen molar-refractivity contribution in [1.29, 1.82) is 0 Å². The number of aromatic nitrogens is 2. The van der Waals surface area contributed by atoms with Gasteiger partial charge in [0.2, 0.25) is 5.82 Å². The first-order chi connectivity index (χ1) is 7.93. The van der Waals surface area contributed by atoms with E-state index >= 15 is 0 Å². The fourth-order valence-electron chi connectivity index (χ4n) is 1.67. The molecule has 0 spiro atoms. The van der Waals surface area contributed by atoms with Gasteiger partial charge in [-0.05, 0) is 24.4 Å². The van der Waals surface area contributed by atoms with Gasteiger partial charge in [-0.2, -0.15) is 4.98 Å². The van der Waals surface area contributed by atoms with Gasteiger partial charge in [-0.15, -0.1) is 11.3 Å². The van der Waals surface area contributed by atoms with E-state index in [0.29, 0.717) is 11.7 Å². The summed E-state index contributed by atoms with van der Waals surface area (Å²) in [6, 6.07) is 3.98. The number of hydrogen-bond acceptors (Lipinski definition) is 5. The molecule has 2 aromatic rings. The lowest BCUT2D eigenvalue weighted by molar-refractivity contribution is 0.406. The summed E-state index contributed by atoms with van der Waals surface area (Å²) < 4.78 is 5.27. The summed E-state index contributed by atoms with van der Waals surface area (Å²) in [6.07, 6.45) is 3.17. The van der Waals surface area contributed by atoms with Crippen LogP contribution in [0.25, 0.3) is 16.3 Å². The lowest BCUT2D eigenvalue weighted by atomic mass is 10.1. The topological polar surface area (TPSA) is 51.0 Å². The average Bonchev–Trinajstić information content (AvgIpc) is 3.01. The van der Waals surface area contributed by atoms with Crippen LogP contribution in [0.3, 0.4) is 0 Å². The van der Waals surface area contributed by atoms with E-state index in [9.17, 15) is 0 Å². The Morgan fingerprint density at radius 3 is 3.19 bits per heavy atom. The first kappa shape index (κ1) is 9.74. The third-order valence-electron chi connectivity index (χ3n) is 2.47. The normalized spacial score (nSPS) is 16.1. The van der Waals surface area contributed by atoms with Crippen molar-refractivity contribution < 1.29 is 4.52 Å². The molecule has 0 aromatic carbocycles. The summed E-state index contributed by atoms with van der Waals surface area (Å²) in [6.45, 7) is 1.83. The van der Waals surface area contributed by atoms with E-state index in [1.54, 1.807) is 11.3 Å². The Balaban J connectivity index is 1.90. The van der Waals surface area contributed by atoms with Crippen LogP contribution in [0.2, 0.25) is 0 Å². The minimum atomic E-state index is 0.635. The van der Waals surface area contributed by atoms with Crippen LogP contribution in [0.4, 0.5) is 0 Å². The molecule has 0 saturated carbocycles. The van der Waals surface area contributed by atoms with Crippen molar-refractivity contribution in [2.45, 2.75) is 6.42 Å². The Labute approximate surface area is 97.0 Å². The van der Waals surface area contributed by atoms with Crippen molar-refractivity contribution in [3.63, 3.8) is 0 Å². The zero-order valence-corrected chi connectivity index (χ0v) is 9.46. The Hall–Kier alpha value is -1.46. The predicted octanol–water partition coefficient (Wildman–Crippen LogP) is 2.17. The summed E-state index contributed by atoms with van der Waals surface area (Å²) in [7, 11) is 0. The molecule has 1 aliphatic heterocycles. The van der Waals surface area contributed by atoms with E-state index in [1.165, 1.54) is 0 Å². The smallest absolute Gasteiger partial charge is 0.255 e. The van der Waals surface area contributed by atoms with Crippen molar-refractivity contribution in [3.8, 4) is 10.7 Å². The van der Waals surface area contributed by atoms with Gasteiger partial charge in [0.25, 0.3) is 5.89 Å². The van der Waals surface area contributed by atoms with Crippen LogP contribution in [-0.4, -0.2) is 23.2 Å². The third-order valence-corrected chi connectivity index (χ3v) is 3.34. The molecule has 1 aliphatic rings. The Morgan fingerprint density at radius 2 is 2.44 bits per heavy atom. The van der Waals surface area contributed by atoms with Gasteiger partial charge >= 0.3 is 0 Å². The lowest BCUT2D eigenvalue weighted by Crippen LogP contribution is -2.21. The summed E-state index contributed by atoms with van der Waals surface area (Å²) in [4.78, 5) is 5.44. The van der Waals surface area contributed by atoms with Crippen LogP contribution in [-0.2, 0) is 0 Å². The second-order valence-corrected chi connectivity index (χ2v) is 4.54. The van der Waals surface area contributed by atoms with Crippen molar-refractivity contribution in [2.75, 3.05) is 13.1 Å². The highest BCUT2D eigenvalue weighted by atomic mass is 32.1. The highest BCUT2D eigenvalue weighted by Crippen LogP contribution is 2.23. The van der Waals surface area contributed by atoms with Gasteiger partial charge in [0.1, 0.15) is 0 Å². The molecule has 0 unspecified atom stereocenters. The zero-order chi connectivity index (χ0) is 10.8. The van der Waals surface area contributed by atoms with Crippen molar-refractivity contribution in [1.82, 2.24) is 15.5 Å². The van der Waals surface area contributed by atoms with Gasteiger partial charge in [-0.1, -0.05) is 17.3 Å². The van der Waals surface area contributed by atoms with Gasteiger partial charge in [-0.3, -0.25) is 0 Å². The molecule has 3 rings (SSSR count). The van der Waals surface area contributed by atoms with E-state index in [-0.39, 0.29) is 0 Å².